The van der Waals surface area contributed by atoms with E-state index in [0.29, 0.717) is 22.5 Å². The maximum absolute atomic E-state index is 11.7. The Morgan fingerprint density at radius 1 is 0.783 bits per heavy atom. The molecule has 5 nitrogen and oxygen atoms in total. The monoisotopic (exact) mass is 302 g/mol. The SMILES string of the molecule is OC(c1ccccn1)(c1ccccn1)c1cccc2[nH]cnc12. The van der Waals surface area contributed by atoms with E-state index in [1.54, 1.807) is 30.9 Å². The third-order valence-electron chi connectivity index (χ3n) is 3.91. The molecule has 23 heavy (non-hydrogen) atoms. The van der Waals surface area contributed by atoms with E-state index in [0.717, 1.165) is 5.52 Å². The quantitative estimate of drug-likeness (QED) is 0.610. The van der Waals surface area contributed by atoms with Gasteiger partial charge in [0.1, 0.15) is 0 Å². The number of hydrogen-bond donors (Lipinski definition) is 2. The van der Waals surface area contributed by atoms with E-state index < -0.39 is 5.60 Å². The first kappa shape index (κ1) is 13.6. The van der Waals surface area contributed by atoms with E-state index >= 15 is 0 Å². The van der Waals surface area contributed by atoms with Crippen LogP contribution >= 0.6 is 0 Å². The van der Waals surface area contributed by atoms with Crippen molar-refractivity contribution in [3.05, 3.63) is 90.3 Å². The number of benzene rings is 1. The van der Waals surface area contributed by atoms with Crippen LogP contribution in [0.3, 0.4) is 0 Å². The molecular formula is C18H14N4O. The molecule has 3 heterocycles. The highest BCUT2D eigenvalue weighted by atomic mass is 16.3. The minimum Gasteiger partial charge on any atom is -0.373 e. The molecule has 0 atom stereocenters. The molecule has 0 aliphatic heterocycles. The number of H-pyrrole nitrogens is 1. The van der Waals surface area contributed by atoms with Crippen molar-refractivity contribution >= 4 is 11.0 Å². The molecule has 0 unspecified atom stereocenters. The molecule has 4 aromatic rings. The van der Waals surface area contributed by atoms with Gasteiger partial charge in [0.25, 0.3) is 0 Å². The van der Waals surface area contributed by atoms with Crippen LogP contribution in [0.4, 0.5) is 0 Å². The second-order valence-corrected chi connectivity index (χ2v) is 5.24. The van der Waals surface area contributed by atoms with Crippen molar-refractivity contribution in [1.82, 2.24) is 19.9 Å². The van der Waals surface area contributed by atoms with Crippen LogP contribution in [0.25, 0.3) is 11.0 Å². The molecule has 0 amide bonds. The van der Waals surface area contributed by atoms with Gasteiger partial charge in [-0.25, -0.2) is 4.98 Å². The fourth-order valence-electron chi connectivity index (χ4n) is 2.82. The summed E-state index contributed by atoms with van der Waals surface area (Å²) in [6.45, 7) is 0. The molecule has 0 bridgehead atoms. The largest absolute Gasteiger partial charge is 0.373 e. The van der Waals surface area contributed by atoms with Gasteiger partial charge < -0.3 is 10.1 Å². The molecule has 0 radical (unpaired) electrons. The van der Waals surface area contributed by atoms with Crippen molar-refractivity contribution in [3.8, 4) is 0 Å². The first-order valence-corrected chi connectivity index (χ1v) is 7.28. The second-order valence-electron chi connectivity index (χ2n) is 5.24. The first-order valence-electron chi connectivity index (χ1n) is 7.28. The van der Waals surface area contributed by atoms with Gasteiger partial charge in [0.2, 0.25) is 0 Å². The Labute approximate surface area is 132 Å². The Balaban J connectivity index is 2.06. The van der Waals surface area contributed by atoms with Gasteiger partial charge in [-0.15, -0.1) is 0 Å². The summed E-state index contributed by atoms with van der Waals surface area (Å²) in [7, 11) is 0. The minimum absolute atomic E-state index is 0.509. The van der Waals surface area contributed by atoms with E-state index in [1.165, 1.54) is 0 Å². The van der Waals surface area contributed by atoms with Crippen molar-refractivity contribution in [2.24, 2.45) is 0 Å². The second kappa shape index (κ2) is 5.30. The molecule has 5 heteroatoms. The van der Waals surface area contributed by atoms with Crippen molar-refractivity contribution in [2.75, 3.05) is 0 Å². The number of nitrogens with zero attached hydrogens (tertiary/aromatic N) is 3. The predicted octanol–water partition coefficient (Wildman–Crippen LogP) is 2.64. The van der Waals surface area contributed by atoms with Gasteiger partial charge in [-0.1, -0.05) is 24.3 Å². The lowest BCUT2D eigenvalue weighted by atomic mass is 9.85. The third-order valence-corrected chi connectivity index (χ3v) is 3.91. The van der Waals surface area contributed by atoms with Crippen molar-refractivity contribution in [2.45, 2.75) is 5.60 Å². The lowest BCUT2D eigenvalue weighted by Gasteiger charge is -2.27. The van der Waals surface area contributed by atoms with E-state index in [9.17, 15) is 5.11 Å². The standard InChI is InChI=1S/C18H14N4O/c23-18(15-8-1-3-10-19-15,16-9-2-4-11-20-16)13-6-5-7-14-17(13)22-12-21-14/h1-12,23H,(H,21,22). The molecule has 112 valence electrons. The number of para-hydroxylation sites is 1. The highest BCUT2D eigenvalue weighted by Gasteiger charge is 2.38. The highest BCUT2D eigenvalue weighted by molar-refractivity contribution is 5.80. The number of fused-ring (bicyclic) bond motifs is 1. The molecule has 0 saturated carbocycles. The van der Waals surface area contributed by atoms with Crippen LogP contribution in [-0.2, 0) is 5.60 Å². The van der Waals surface area contributed by atoms with Crippen LogP contribution < -0.4 is 0 Å². The van der Waals surface area contributed by atoms with Gasteiger partial charge in [0, 0.05) is 18.0 Å². The maximum atomic E-state index is 11.7. The van der Waals surface area contributed by atoms with E-state index in [1.807, 2.05) is 42.5 Å². The summed E-state index contributed by atoms with van der Waals surface area (Å²) in [5.74, 6) is 0. The van der Waals surface area contributed by atoms with Crippen LogP contribution in [0.2, 0.25) is 0 Å². The van der Waals surface area contributed by atoms with Crippen molar-refractivity contribution in [3.63, 3.8) is 0 Å². The van der Waals surface area contributed by atoms with E-state index in [-0.39, 0.29) is 0 Å². The van der Waals surface area contributed by atoms with Gasteiger partial charge in [-0.2, -0.15) is 0 Å². The van der Waals surface area contributed by atoms with Gasteiger partial charge in [-0.05, 0) is 30.3 Å². The summed E-state index contributed by atoms with van der Waals surface area (Å²) in [5, 5.41) is 11.7. The maximum Gasteiger partial charge on any atom is 0.176 e. The summed E-state index contributed by atoms with van der Waals surface area (Å²) < 4.78 is 0. The lowest BCUT2D eigenvalue weighted by molar-refractivity contribution is 0.117. The van der Waals surface area contributed by atoms with Crippen LogP contribution in [0.1, 0.15) is 17.0 Å². The molecule has 0 saturated heterocycles. The van der Waals surface area contributed by atoms with Gasteiger partial charge in [0.05, 0.1) is 28.7 Å². The Hall–Kier alpha value is -3.05. The van der Waals surface area contributed by atoms with Gasteiger partial charge in [-0.3, -0.25) is 9.97 Å². The average molecular weight is 302 g/mol. The van der Waals surface area contributed by atoms with Crippen LogP contribution in [0.15, 0.2) is 73.3 Å². The summed E-state index contributed by atoms with van der Waals surface area (Å²) in [4.78, 5) is 16.2. The number of hydrogen-bond acceptors (Lipinski definition) is 4. The van der Waals surface area contributed by atoms with Crippen LogP contribution in [-0.4, -0.2) is 25.0 Å². The Morgan fingerprint density at radius 3 is 2.09 bits per heavy atom. The topological polar surface area (TPSA) is 74.7 Å². The molecule has 0 aliphatic carbocycles. The third kappa shape index (κ3) is 2.10. The summed E-state index contributed by atoms with van der Waals surface area (Å²) in [6.07, 6.45) is 4.94. The molecule has 2 N–H and O–H groups in total. The average Bonchev–Trinajstić information content (AvgIpc) is 3.11. The normalized spacial score (nSPS) is 11.7. The summed E-state index contributed by atoms with van der Waals surface area (Å²) in [5.41, 5.74) is 1.74. The molecule has 1 aromatic carbocycles. The minimum atomic E-state index is -1.47. The van der Waals surface area contributed by atoms with Gasteiger partial charge in [0.15, 0.2) is 5.60 Å². The van der Waals surface area contributed by atoms with Crippen LogP contribution in [0.5, 0.6) is 0 Å². The Bertz CT molecular complexity index is 895. The smallest absolute Gasteiger partial charge is 0.176 e. The molecule has 3 aromatic heterocycles. The predicted molar refractivity (Wildman–Crippen MR) is 86.7 cm³/mol. The number of pyridine rings is 2. The van der Waals surface area contributed by atoms with Crippen molar-refractivity contribution in [1.29, 1.82) is 0 Å². The Morgan fingerprint density at radius 2 is 1.48 bits per heavy atom. The zero-order valence-electron chi connectivity index (χ0n) is 12.2. The zero-order valence-corrected chi connectivity index (χ0v) is 12.2. The number of rotatable bonds is 3. The molecular weight excluding hydrogens is 288 g/mol. The zero-order chi connectivity index (χ0) is 15.7. The van der Waals surface area contributed by atoms with E-state index in [2.05, 4.69) is 19.9 Å². The van der Waals surface area contributed by atoms with Crippen LogP contribution in [0, 0.1) is 0 Å². The number of aromatic amines is 1. The lowest BCUT2D eigenvalue weighted by Crippen LogP contribution is -2.31. The Kier molecular flexibility index (Phi) is 3.13. The molecule has 4 rings (SSSR count). The number of nitrogens with one attached hydrogen (secondary N) is 1. The number of aliphatic hydroxyl groups is 1. The fraction of sp³-hybridized carbons (Fsp3) is 0.0556. The first-order chi connectivity index (χ1) is 11.3. The molecule has 0 spiro atoms. The number of aromatic nitrogens is 4. The fourth-order valence-corrected chi connectivity index (χ4v) is 2.82. The van der Waals surface area contributed by atoms with E-state index in [4.69, 9.17) is 0 Å². The summed E-state index contributed by atoms with van der Waals surface area (Å²) >= 11 is 0. The van der Waals surface area contributed by atoms with Crippen molar-refractivity contribution < 1.29 is 5.11 Å². The summed E-state index contributed by atoms with van der Waals surface area (Å²) in [6, 6.07) is 16.6. The highest BCUT2D eigenvalue weighted by Crippen LogP contribution is 2.37. The van der Waals surface area contributed by atoms with Gasteiger partial charge >= 0.3 is 0 Å². The molecule has 0 fully saturated rings. The number of imidazole rings is 1. The molecule has 0 aliphatic rings.